The van der Waals surface area contributed by atoms with E-state index in [4.69, 9.17) is 29.6 Å². The average molecular weight is 341 g/mol. The van der Waals surface area contributed by atoms with Crippen molar-refractivity contribution in [2.75, 3.05) is 13.1 Å². The molecule has 19 heavy (non-hydrogen) atoms. The van der Waals surface area contributed by atoms with Gasteiger partial charge < -0.3 is 5.73 Å². The van der Waals surface area contributed by atoms with Gasteiger partial charge in [0.1, 0.15) is 4.21 Å². The Balaban J connectivity index is 3.05. The van der Waals surface area contributed by atoms with Crippen molar-refractivity contribution in [2.24, 2.45) is 11.7 Å². The fourth-order valence-corrected chi connectivity index (χ4v) is 4.95. The number of halogens is 1. The molecule has 108 valence electrons. The maximum Gasteiger partial charge on any atom is 0.252 e. The Morgan fingerprint density at radius 2 is 2.21 bits per heavy atom. The van der Waals surface area contributed by atoms with E-state index in [1.165, 1.54) is 4.31 Å². The Morgan fingerprint density at radius 1 is 1.63 bits per heavy atom. The molecule has 0 saturated heterocycles. The fourth-order valence-electron chi connectivity index (χ4n) is 1.48. The van der Waals surface area contributed by atoms with Gasteiger partial charge >= 0.3 is 0 Å². The normalized spacial score (nSPS) is 13.7. The quantitative estimate of drug-likeness (QED) is 0.808. The topological polar surface area (TPSA) is 63.4 Å². The Kier molecular flexibility index (Phi) is 5.76. The molecule has 1 rings (SSSR count). The van der Waals surface area contributed by atoms with Gasteiger partial charge in [-0.3, -0.25) is 0 Å². The molecule has 1 atom stereocenters. The van der Waals surface area contributed by atoms with E-state index in [0.717, 1.165) is 16.9 Å². The van der Waals surface area contributed by atoms with Gasteiger partial charge in [0.05, 0.1) is 9.32 Å². The largest absolute Gasteiger partial charge is 0.393 e. The summed E-state index contributed by atoms with van der Waals surface area (Å²) in [6.45, 7) is 6.03. The van der Waals surface area contributed by atoms with Crippen molar-refractivity contribution in [3.05, 3.63) is 16.0 Å². The van der Waals surface area contributed by atoms with E-state index in [0.29, 0.717) is 15.9 Å². The number of rotatable bonds is 6. The predicted molar refractivity (Wildman–Crippen MR) is 84.4 cm³/mol. The molecule has 0 aromatic carbocycles. The van der Waals surface area contributed by atoms with Crippen LogP contribution in [0.15, 0.2) is 10.3 Å². The number of thiophene rings is 1. The van der Waals surface area contributed by atoms with E-state index in [1.807, 2.05) is 6.92 Å². The van der Waals surface area contributed by atoms with Crippen molar-refractivity contribution < 1.29 is 8.42 Å². The standard InChI is InChI=1S/C11H17ClN2O2S3/c1-4-14(6-8(3)11(13)17)19(15,16)9-5-7(2)10(12)18-9/h5,8H,4,6H2,1-3H3,(H2,13,17). The minimum atomic E-state index is -3.53. The minimum absolute atomic E-state index is 0.166. The molecule has 1 heterocycles. The summed E-state index contributed by atoms with van der Waals surface area (Å²) in [5.41, 5.74) is 6.31. The number of sulfonamides is 1. The minimum Gasteiger partial charge on any atom is -0.393 e. The molecule has 0 amide bonds. The maximum absolute atomic E-state index is 12.5. The first kappa shape index (κ1) is 16.8. The molecule has 0 fully saturated rings. The first-order chi connectivity index (χ1) is 8.70. The highest BCUT2D eigenvalue weighted by Gasteiger charge is 2.27. The highest BCUT2D eigenvalue weighted by Crippen LogP contribution is 2.32. The van der Waals surface area contributed by atoms with Crippen LogP contribution in [0.2, 0.25) is 4.34 Å². The van der Waals surface area contributed by atoms with Crippen LogP contribution in [0.25, 0.3) is 0 Å². The molecule has 1 aromatic rings. The highest BCUT2D eigenvalue weighted by atomic mass is 35.5. The van der Waals surface area contributed by atoms with E-state index in [9.17, 15) is 8.42 Å². The number of hydrogen-bond acceptors (Lipinski definition) is 4. The zero-order chi connectivity index (χ0) is 14.8. The third kappa shape index (κ3) is 3.88. The molecular weight excluding hydrogens is 324 g/mol. The van der Waals surface area contributed by atoms with Crippen molar-refractivity contribution in [3.63, 3.8) is 0 Å². The molecule has 4 nitrogen and oxygen atoms in total. The third-order valence-corrected chi connectivity index (χ3v) is 7.09. The van der Waals surface area contributed by atoms with E-state index < -0.39 is 10.0 Å². The summed E-state index contributed by atoms with van der Waals surface area (Å²) in [5.74, 6) is -0.166. The summed E-state index contributed by atoms with van der Waals surface area (Å²) < 4.78 is 27.1. The fraction of sp³-hybridized carbons (Fsp3) is 0.545. The molecule has 8 heteroatoms. The van der Waals surface area contributed by atoms with Gasteiger partial charge in [-0.2, -0.15) is 4.31 Å². The summed E-state index contributed by atoms with van der Waals surface area (Å²) in [6, 6.07) is 1.59. The zero-order valence-corrected chi connectivity index (χ0v) is 14.2. The number of nitrogens with two attached hydrogens (primary N) is 1. The van der Waals surface area contributed by atoms with Crippen LogP contribution in [0.3, 0.4) is 0 Å². The lowest BCUT2D eigenvalue weighted by Crippen LogP contribution is -2.37. The highest BCUT2D eigenvalue weighted by molar-refractivity contribution is 7.91. The van der Waals surface area contributed by atoms with Crippen LogP contribution < -0.4 is 5.73 Å². The van der Waals surface area contributed by atoms with E-state index >= 15 is 0 Å². The Morgan fingerprint density at radius 3 is 2.58 bits per heavy atom. The Bertz CT molecular complexity index is 549. The summed E-state index contributed by atoms with van der Waals surface area (Å²) in [4.78, 5) is 0.314. The van der Waals surface area contributed by atoms with Crippen LogP contribution in [-0.2, 0) is 10.0 Å². The smallest absolute Gasteiger partial charge is 0.252 e. The third-order valence-electron chi connectivity index (χ3n) is 2.74. The van der Waals surface area contributed by atoms with Gasteiger partial charge in [0.2, 0.25) is 0 Å². The van der Waals surface area contributed by atoms with Crippen LogP contribution in [0, 0.1) is 12.8 Å². The summed E-state index contributed by atoms with van der Waals surface area (Å²) >= 11 is 11.9. The average Bonchev–Trinajstić information content (AvgIpc) is 2.66. The van der Waals surface area contributed by atoms with Crippen LogP contribution in [0.1, 0.15) is 19.4 Å². The van der Waals surface area contributed by atoms with E-state index in [2.05, 4.69) is 0 Å². The van der Waals surface area contributed by atoms with Crippen molar-refractivity contribution in [1.29, 1.82) is 0 Å². The predicted octanol–water partition coefficient (Wildman–Crippen LogP) is 2.64. The van der Waals surface area contributed by atoms with Gasteiger partial charge in [-0.05, 0) is 18.6 Å². The van der Waals surface area contributed by atoms with Crippen LogP contribution in [0.5, 0.6) is 0 Å². The number of hydrogen-bond donors (Lipinski definition) is 1. The van der Waals surface area contributed by atoms with Gasteiger partial charge in [0.15, 0.2) is 0 Å². The number of thiocarbonyl (C=S) groups is 1. The zero-order valence-electron chi connectivity index (χ0n) is 11.0. The first-order valence-electron chi connectivity index (χ1n) is 5.75. The van der Waals surface area contributed by atoms with E-state index in [1.54, 1.807) is 19.9 Å². The molecule has 2 N–H and O–H groups in total. The van der Waals surface area contributed by atoms with Gasteiger partial charge in [-0.15, -0.1) is 11.3 Å². The SMILES string of the molecule is CCN(CC(C)C(N)=S)S(=O)(=O)c1cc(C)c(Cl)s1. The van der Waals surface area contributed by atoms with Crippen molar-refractivity contribution >= 4 is 50.2 Å². The molecule has 0 radical (unpaired) electrons. The molecule has 0 aliphatic heterocycles. The first-order valence-corrected chi connectivity index (χ1v) is 8.79. The molecule has 0 aliphatic carbocycles. The van der Waals surface area contributed by atoms with Gasteiger partial charge in [-0.1, -0.05) is 37.7 Å². The molecule has 0 aliphatic rings. The van der Waals surface area contributed by atoms with Crippen molar-refractivity contribution in [2.45, 2.75) is 25.0 Å². The number of aryl methyl sites for hydroxylation is 1. The Labute approximate surface area is 128 Å². The monoisotopic (exact) mass is 340 g/mol. The van der Waals surface area contributed by atoms with Crippen LogP contribution >= 0.6 is 35.2 Å². The molecule has 0 saturated carbocycles. The molecule has 0 spiro atoms. The molecule has 1 unspecified atom stereocenters. The lowest BCUT2D eigenvalue weighted by molar-refractivity contribution is 0.406. The second kappa shape index (κ2) is 6.49. The van der Waals surface area contributed by atoms with E-state index in [-0.39, 0.29) is 16.7 Å². The Hall–Kier alpha value is -0.210. The summed E-state index contributed by atoms with van der Waals surface area (Å²) in [5, 5.41) is 0. The van der Waals surface area contributed by atoms with Gasteiger partial charge in [-0.25, -0.2) is 8.42 Å². The van der Waals surface area contributed by atoms with Crippen molar-refractivity contribution in [3.8, 4) is 0 Å². The van der Waals surface area contributed by atoms with Crippen molar-refractivity contribution in [1.82, 2.24) is 4.31 Å². The van der Waals surface area contributed by atoms with Gasteiger partial charge in [0, 0.05) is 19.0 Å². The molecule has 0 bridgehead atoms. The maximum atomic E-state index is 12.5. The van der Waals surface area contributed by atoms with Crippen LogP contribution in [0.4, 0.5) is 0 Å². The second-order valence-corrected chi connectivity index (χ2v) is 8.57. The molecule has 1 aromatic heterocycles. The molecular formula is C11H17ClN2O2S3. The lowest BCUT2D eigenvalue weighted by atomic mass is 10.2. The summed E-state index contributed by atoms with van der Waals surface area (Å²) in [6.07, 6.45) is 0. The second-order valence-electron chi connectivity index (χ2n) is 4.28. The van der Waals surface area contributed by atoms with Crippen LogP contribution in [-0.4, -0.2) is 30.8 Å². The summed E-state index contributed by atoms with van der Waals surface area (Å²) in [7, 11) is -3.53. The number of nitrogens with zero attached hydrogens (tertiary/aromatic N) is 1. The van der Waals surface area contributed by atoms with Gasteiger partial charge in [0.25, 0.3) is 10.0 Å². The lowest BCUT2D eigenvalue weighted by Gasteiger charge is -2.22.